The number of benzene rings is 1. The van der Waals surface area contributed by atoms with E-state index in [-0.39, 0.29) is 16.9 Å². The lowest BCUT2D eigenvalue weighted by atomic mass is 9.98. The summed E-state index contributed by atoms with van der Waals surface area (Å²) in [4.78, 5) is 27.3. The number of pyridine rings is 1. The van der Waals surface area contributed by atoms with Gasteiger partial charge in [0.2, 0.25) is 0 Å². The van der Waals surface area contributed by atoms with Crippen molar-refractivity contribution in [1.29, 1.82) is 0 Å². The molecule has 92 valence electrons. The number of hydrogen-bond donors (Lipinski definition) is 1. The van der Waals surface area contributed by atoms with Crippen molar-refractivity contribution in [3.8, 4) is 0 Å². The standard InChI is InChI=1S/C13H10INO3/c1-6-11(7(2)16)12(13(17)18)9-5-8(14)3-4-10(9)15-6/h3-5H,1-2H3,(H,17,18). The lowest BCUT2D eigenvalue weighted by Gasteiger charge is -2.10. The summed E-state index contributed by atoms with van der Waals surface area (Å²) in [5.41, 5.74) is 1.28. The van der Waals surface area contributed by atoms with E-state index in [4.69, 9.17) is 0 Å². The largest absolute Gasteiger partial charge is 0.478 e. The van der Waals surface area contributed by atoms with Crippen molar-refractivity contribution in [2.75, 3.05) is 0 Å². The summed E-state index contributed by atoms with van der Waals surface area (Å²) in [6.07, 6.45) is 0. The molecule has 0 aliphatic carbocycles. The van der Waals surface area contributed by atoms with Crippen LogP contribution in [-0.4, -0.2) is 21.8 Å². The van der Waals surface area contributed by atoms with Crippen molar-refractivity contribution in [3.63, 3.8) is 0 Å². The van der Waals surface area contributed by atoms with Crippen LogP contribution in [0.1, 0.15) is 33.3 Å². The lowest BCUT2D eigenvalue weighted by molar-refractivity contribution is 0.0694. The molecule has 1 aromatic heterocycles. The minimum Gasteiger partial charge on any atom is -0.478 e. The number of carbonyl (C=O) groups is 2. The van der Waals surface area contributed by atoms with Gasteiger partial charge in [-0.2, -0.15) is 0 Å². The molecule has 0 aliphatic heterocycles. The number of carboxylic acid groups (broad SMARTS) is 1. The van der Waals surface area contributed by atoms with Gasteiger partial charge in [-0.05, 0) is 54.6 Å². The van der Waals surface area contributed by atoms with Gasteiger partial charge in [0.1, 0.15) is 0 Å². The van der Waals surface area contributed by atoms with Crippen molar-refractivity contribution < 1.29 is 14.7 Å². The van der Waals surface area contributed by atoms with Crippen LogP contribution in [0, 0.1) is 10.5 Å². The molecule has 1 heterocycles. The Balaban J connectivity index is 3.01. The fraction of sp³-hybridized carbons (Fsp3) is 0.154. The maximum atomic E-state index is 11.6. The number of aromatic nitrogens is 1. The van der Waals surface area contributed by atoms with E-state index < -0.39 is 5.97 Å². The Labute approximate surface area is 117 Å². The van der Waals surface area contributed by atoms with Gasteiger partial charge >= 0.3 is 5.97 Å². The zero-order chi connectivity index (χ0) is 13.4. The number of carboxylic acids is 1. The second-order valence-corrected chi connectivity index (χ2v) is 5.22. The first-order chi connectivity index (χ1) is 8.41. The van der Waals surface area contributed by atoms with E-state index in [1.54, 1.807) is 19.1 Å². The molecule has 0 spiro atoms. The highest BCUT2D eigenvalue weighted by molar-refractivity contribution is 14.1. The highest BCUT2D eigenvalue weighted by Crippen LogP contribution is 2.25. The van der Waals surface area contributed by atoms with Crippen molar-refractivity contribution in [2.24, 2.45) is 0 Å². The molecule has 2 rings (SSSR count). The maximum absolute atomic E-state index is 11.6. The van der Waals surface area contributed by atoms with E-state index >= 15 is 0 Å². The molecule has 2 aromatic rings. The Kier molecular flexibility index (Phi) is 3.34. The van der Waals surface area contributed by atoms with Gasteiger partial charge in [-0.1, -0.05) is 0 Å². The number of aromatic carboxylic acids is 1. The predicted octanol–water partition coefficient (Wildman–Crippen LogP) is 3.05. The molecule has 0 saturated heterocycles. The van der Waals surface area contributed by atoms with Crippen LogP contribution in [0.2, 0.25) is 0 Å². The first-order valence-corrected chi connectivity index (χ1v) is 6.33. The molecule has 0 bridgehead atoms. The number of Topliss-reactive ketones (excluding diaryl/α,β-unsaturated/α-hetero) is 1. The summed E-state index contributed by atoms with van der Waals surface area (Å²) in [6.45, 7) is 3.01. The van der Waals surface area contributed by atoms with Crippen LogP contribution in [0.25, 0.3) is 10.9 Å². The van der Waals surface area contributed by atoms with E-state index in [1.807, 2.05) is 6.07 Å². The van der Waals surface area contributed by atoms with Gasteiger partial charge in [-0.15, -0.1) is 0 Å². The Morgan fingerprint density at radius 2 is 1.94 bits per heavy atom. The summed E-state index contributed by atoms with van der Waals surface area (Å²) in [7, 11) is 0. The average molecular weight is 355 g/mol. The maximum Gasteiger partial charge on any atom is 0.337 e. The Morgan fingerprint density at radius 3 is 2.50 bits per heavy atom. The fourth-order valence-electron chi connectivity index (χ4n) is 2.01. The number of carbonyl (C=O) groups excluding carboxylic acids is 1. The summed E-state index contributed by atoms with van der Waals surface area (Å²) in [6, 6.07) is 5.35. The molecule has 4 nitrogen and oxygen atoms in total. The molecular formula is C13H10INO3. The third-order valence-electron chi connectivity index (χ3n) is 2.69. The van der Waals surface area contributed by atoms with Crippen LogP contribution < -0.4 is 0 Å². The number of fused-ring (bicyclic) bond motifs is 1. The van der Waals surface area contributed by atoms with Gasteiger partial charge in [-0.25, -0.2) is 4.79 Å². The summed E-state index contributed by atoms with van der Waals surface area (Å²) in [5.74, 6) is -1.38. The van der Waals surface area contributed by atoms with Crippen molar-refractivity contribution in [2.45, 2.75) is 13.8 Å². The first kappa shape index (κ1) is 12.9. The lowest BCUT2D eigenvalue weighted by Crippen LogP contribution is -2.11. The SMILES string of the molecule is CC(=O)c1c(C)nc2ccc(I)cc2c1C(=O)O. The van der Waals surface area contributed by atoms with Crippen LogP contribution in [0.5, 0.6) is 0 Å². The Bertz CT molecular complexity index is 679. The smallest absolute Gasteiger partial charge is 0.337 e. The summed E-state index contributed by atoms with van der Waals surface area (Å²) < 4.78 is 0.905. The molecular weight excluding hydrogens is 345 g/mol. The van der Waals surface area contributed by atoms with Crippen molar-refractivity contribution >= 4 is 45.2 Å². The quantitative estimate of drug-likeness (QED) is 0.664. The van der Waals surface area contributed by atoms with Gasteiger partial charge in [-0.3, -0.25) is 9.78 Å². The third kappa shape index (κ3) is 2.10. The molecule has 0 aliphatic rings. The molecule has 18 heavy (non-hydrogen) atoms. The third-order valence-corrected chi connectivity index (χ3v) is 3.36. The van der Waals surface area contributed by atoms with Crippen LogP contribution in [0.15, 0.2) is 18.2 Å². The first-order valence-electron chi connectivity index (χ1n) is 5.26. The topological polar surface area (TPSA) is 67.3 Å². The molecule has 1 aromatic carbocycles. The average Bonchev–Trinajstić information content (AvgIpc) is 2.27. The van der Waals surface area contributed by atoms with E-state index in [2.05, 4.69) is 27.6 Å². The molecule has 0 radical (unpaired) electrons. The summed E-state index contributed by atoms with van der Waals surface area (Å²) in [5, 5.41) is 9.85. The molecule has 0 unspecified atom stereocenters. The zero-order valence-corrected chi connectivity index (χ0v) is 12.0. The molecule has 5 heteroatoms. The van der Waals surface area contributed by atoms with E-state index in [1.165, 1.54) is 6.92 Å². The molecule has 0 atom stereocenters. The van der Waals surface area contributed by atoms with Crippen LogP contribution in [-0.2, 0) is 0 Å². The molecule has 0 fully saturated rings. The highest BCUT2D eigenvalue weighted by Gasteiger charge is 2.21. The number of halogens is 1. The zero-order valence-electron chi connectivity index (χ0n) is 9.82. The molecule has 0 amide bonds. The van der Waals surface area contributed by atoms with Crippen molar-refractivity contribution in [1.82, 2.24) is 4.98 Å². The fourth-order valence-corrected chi connectivity index (χ4v) is 2.50. The number of ketones is 1. The highest BCUT2D eigenvalue weighted by atomic mass is 127. The Morgan fingerprint density at radius 1 is 1.28 bits per heavy atom. The number of nitrogens with zero attached hydrogens (tertiary/aromatic N) is 1. The monoisotopic (exact) mass is 355 g/mol. The number of rotatable bonds is 2. The number of hydrogen-bond acceptors (Lipinski definition) is 3. The molecule has 1 N–H and O–H groups in total. The van der Waals surface area contributed by atoms with Crippen LogP contribution in [0.3, 0.4) is 0 Å². The normalized spacial score (nSPS) is 10.6. The van der Waals surface area contributed by atoms with Crippen molar-refractivity contribution in [3.05, 3.63) is 38.6 Å². The van der Waals surface area contributed by atoms with Gasteiger partial charge < -0.3 is 5.11 Å². The second kappa shape index (κ2) is 4.64. The minimum absolute atomic E-state index is 0.0449. The molecule has 0 saturated carbocycles. The van der Waals surface area contributed by atoms with Crippen LogP contribution >= 0.6 is 22.6 Å². The van der Waals surface area contributed by atoms with Gasteiger partial charge in [0.25, 0.3) is 0 Å². The van der Waals surface area contributed by atoms with Gasteiger partial charge in [0, 0.05) is 14.7 Å². The van der Waals surface area contributed by atoms with Gasteiger partial charge in [0.05, 0.1) is 16.6 Å². The summed E-state index contributed by atoms with van der Waals surface area (Å²) >= 11 is 2.10. The van der Waals surface area contributed by atoms with Crippen LogP contribution in [0.4, 0.5) is 0 Å². The van der Waals surface area contributed by atoms with Gasteiger partial charge in [0.15, 0.2) is 5.78 Å². The Hall–Kier alpha value is -1.50. The second-order valence-electron chi connectivity index (χ2n) is 3.97. The van der Waals surface area contributed by atoms with E-state index in [0.717, 1.165) is 3.57 Å². The van der Waals surface area contributed by atoms with E-state index in [0.29, 0.717) is 16.6 Å². The van der Waals surface area contributed by atoms with E-state index in [9.17, 15) is 14.7 Å². The minimum atomic E-state index is -1.10. The number of aryl methyl sites for hydroxylation is 1. The predicted molar refractivity (Wildman–Crippen MR) is 76.2 cm³/mol.